The lowest BCUT2D eigenvalue weighted by Crippen LogP contribution is -2.20. The lowest BCUT2D eigenvalue weighted by Gasteiger charge is -2.12. The van der Waals surface area contributed by atoms with Crippen molar-refractivity contribution in [3.63, 3.8) is 0 Å². The van der Waals surface area contributed by atoms with Crippen LogP contribution in [-0.2, 0) is 0 Å². The first-order valence-electron chi connectivity index (χ1n) is 14.5. The van der Waals surface area contributed by atoms with Crippen molar-refractivity contribution in [2.75, 3.05) is 0 Å². The van der Waals surface area contributed by atoms with Crippen molar-refractivity contribution in [1.82, 2.24) is 25.3 Å². The Bertz CT molecular complexity index is 2020. The molecule has 0 bridgehead atoms. The number of benzene rings is 4. The fraction of sp³-hybridized carbons (Fsp3) is 0.171. The number of aromatic amines is 2. The minimum Gasteiger partial charge on any atom is -0.454 e. The number of aliphatic imine (C=N–C) groups is 1. The summed E-state index contributed by atoms with van der Waals surface area (Å²) in [5.41, 5.74) is 13.6. The van der Waals surface area contributed by atoms with E-state index in [1.807, 2.05) is 62.4 Å². The van der Waals surface area contributed by atoms with Gasteiger partial charge >= 0.3 is 0 Å². The van der Waals surface area contributed by atoms with Crippen molar-refractivity contribution in [3.8, 4) is 34.3 Å². The van der Waals surface area contributed by atoms with Gasteiger partial charge in [0.25, 0.3) is 0 Å². The largest absolute Gasteiger partial charge is 0.454 e. The predicted molar refractivity (Wildman–Crippen MR) is 176 cm³/mol. The van der Waals surface area contributed by atoms with Gasteiger partial charge in [0.1, 0.15) is 23.2 Å². The zero-order valence-corrected chi connectivity index (χ0v) is 25.1. The summed E-state index contributed by atoms with van der Waals surface area (Å²) in [5.74, 6) is 1.90. The molecule has 222 valence electrons. The summed E-state index contributed by atoms with van der Waals surface area (Å²) in [5, 5.41) is 3.32. The fourth-order valence-corrected chi connectivity index (χ4v) is 4.96. The quantitative estimate of drug-likeness (QED) is 0.102. The maximum absolute atomic E-state index is 15.2. The Kier molecular flexibility index (Phi) is 7.61. The van der Waals surface area contributed by atoms with Crippen molar-refractivity contribution in [2.45, 2.75) is 39.8 Å². The summed E-state index contributed by atoms with van der Waals surface area (Å²) < 4.78 is 21.0. The number of hydrogen-bond acceptors (Lipinski definition) is 5. The first-order chi connectivity index (χ1) is 21.1. The van der Waals surface area contributed by atoms with Crippen LogP contribution in [0, 0.1) is 5.82 Å². The maximum Gasteiger partial charge on any atom is 0.166 e. The summed E-state index contributed by atoms with van der Waals surface area (Å²) in [6, 6.07) is 24.2. The molecule has 0 amide bonds. The van der Waals surface area contributed by atoms with Crippen LogP contribution in [0.2, 0.25) is 0 Å². The van der Waals surface area contributed by atoms with Gasteiger partial charge in [-0.15, -0.1) is 0 Å². The molecular formula is C35H34FN7O. The molecule has 8 nitrogen and oxygen atoms in total. The van der Waals surface area contributed by atoms with Crippen molar-refractivity contribution in [3.05, 3.63) is 102 Å². The van der Waals surface area contributed by atoms with Crippen LogP contribution in [0.1, 0.15) is 38.8 Å². The number of halogens is 1. The fourth-order valence-electron chi connectivity index (χ4n) is 4.96. The van der Waals surface area contributed by atoms with E-state index in [4.69, 9.17) is 15.5 Å². The van der Waals surface area contributed by atoms with Gasteiger partial charge in [-0.05, 0) is 106 Å². The van der Waals surface area contributed by atoms with Crippen molar-refractivity contribution in [1.29, 1.82) is 0 Å². The number of aromatic nitrogens is 4. The van der Waals surface area contributed by atoms with Gasteiger partial charge in [-0.25, -0.2) is 14.4 Å². The molecule has 2 heterocycles. The summed E-state index contributed by atoms with van der Waals surface area (Å²) in [4.78, 5) is 20.4. The molecule has 0 fully saturated rings. The number of nitrogens with zero attached hydrogens (tertiary/aromatic N) is 3. The van der Waals surface area contributed by atoms with Crippen LogP contribution in [0.15, 0.2) is 90.4 Å². The van der Waals surface area contributed by atoms with E-state index in [-0.39, 0.29) is 17.8 Å². The number of ether oxygens (including phenoxy) is 1. The van der Waals surface area contributed by atoms with Gasteiger partial charge in [0.15, 0.2) is 11.6 Å². The number of H-pyrrole nitrogens is 2. The molecule has 0 saturated carbocycles. The molecule has 0 atom stereocenters. The standard InChI is InChI=1S/C35H34FN7O/c1-19(2)38-21(5)23-8-13-28-30(17-23)43-35(41-28)25-10-15-32(27(36)16-25)44-26-11-6-22(7-12-26)34-40-29-14-9-24(18-31(29)42-34)33(37)39-20(3)4/h6-20,38H,5H2,1-4H3,(H2,37,39)(H,40,42)(H,41,43). The van der Waals surface area contributed by atoms with Crippen molar-refractivity contribution >= 4 is 33.6 Å². The Balaban J connectivity index is 1.17. The number of amidine groups is 1. The van der Waals surface area contributed by atoms with E-state index in [2.05, 4.69) is 45.7 Å². The Morgan fingerprint density at radius 3 is 2.02 bits per heavy atom. The molecule has 0 aliphatic rings. The molecule has 44 heavy (non-hydrogen) atoms. The normalized spacial score (nSPS) is 12.0. The molecule has 2 aromatic heterocycles. The topological polar surface area (TPSA) is 117 Å². The molecule has 0 unspecified atom stereocenters. The lowest BCUT2D eigenvalue weighted by atomic mass is 10.1. The van der Waals surface area contributed by atoms with Gasteiger partial charge in [-0.3, -0.25) is 4.99 Å². The van der Waals surface area contributed by atoms with Gasteiger partial charge in [0, 0.05) is 34.5 Å². The zero-order valence-electron chi connectivity index (χ0n) is 25.1. The molecule has 6 aromatic rings. The van der Waals surface area contributed by atoms with Crippen LogP contribution in [0.4, 0.5) is 4.39 Å². The first kappa shape index (κ1) is 28.7. The van der Waals surface area contributed by atoms with E-state index in [0.29, 0.717) is 28.8 Å². The predicted octanol–water partition coefficient (Wildman–Crippen LogP) is 7.79. The molecule has 0 spiro atoms. The lowest BCUT2D eigenvalue weighted by molar-refractivity contribution is 0.442. The maximum atomic E-state index is 15.2. The van der Waals surface area contributed by atoms with Crippen molar-refractivity contribution < 1.29 is 9.13 Å². The van der Waals surface area contributed by atoms with Crippen LogP contribution >= 0.6 is 0 Å². The van der Waals surface area contributed by atoms with Gasteiger partial charge in [0.2, 0.25) is 0 Å². The van der Waals surface area contributed by atoms with E-state index in [9.17, 15) is 0 Å². The number of nitrogens with one attached hydrogen (secondary N) is 3. The van der Waals surface area contributed by atoms with E-state index in [1.54, 1.807) is 24.3 Å². The van der Waals surface area contributed by atoms with Gasteiger partial charge in [-0.2, -0.15) is 0 Å². The number of rotatable bonds is 9. The summed E-state index contributed by atoms with van der Waals surface area (Å²) in [6.07, 6.45) is 0. The highest BCUT2D eigenvalue weighted by atomic mass is 19.1. The van der Waals surface area contributed by atoms with Gasteiger partial charge in [-0.1, -0.05) is 12.6 Å². The van der Waals surface area contributed by atoms with E-state index >= 15 is 4.39 Å². The molecule has 0 radical (unpaired) electrons. The Morgan fingerprint density at radius 2 is 1.41 bits per heavy atom. The zero-order chi connectivity index (χ0) is 31.0. The Hall–Kier alpha value is -5.44. The smallest absolute Gasteiger partial charge is 0.166 e. The van der Waals surface area contributed by atoms with E-state index < -0.39 is 5.82 Å². The molecule has 5 N–H and O–H groups in total. The third-order valence-corrected chi connectivity index (χ3v) is 7.03. The molecule has 0 saturated heterocycles. The second-order valence-corrected chi connectivity index (χ2v) is 11.3. The first-order valence-corrected chi connectivity index (χ1v) is 14.5. The third kappa shape index (κ3) is 6.03. The minimum atomic E-state index is -0.490. The van der Waals surface area contributed by atoms with Crippen LogP contribution in [0.25, 0.3) is 50.5 Å². The number of hydrogen-bond donors (Lipinski definition) is 4. The molecule has 4 aromatic carbocycles. The Morgan fingerprint density at radius 1 is 0.818 bits per heavy atom. The molecule has 6 rings (SSSR count). The highest BCUT2D eigenvalue weighted by molar-refractivity contribution is 6.00. The van der Waals surface area contributed by atoms with E-state index in [0.717, 1.165) is 44.5 Å². The molecule has 9 heteroatoms. The van der Waals surface area contributed by atoms with Gasteiger partial charge < -0.3 is 25.8 Å². The minimum absolute atomic E-state index is 0.111. The number of imidazole rings is 2. The van der Waals surface area contributed by atoms with Crippen LogP contribution < -0.4 is 15.8 Å². The van der Waals surface area contributed by atoms with E-state index in [1.165, 1.54) is 6.07 Å². The van der Waals surface area contributed by atoms with Gasteiger partial charge in [0.05, 0.1) is 22.1 Å². The summed E-state index contributed by atoms with van der Waals surface area (Å²) >= 11 is 0. The monoisotopic (exact) mass is 587 g/mol. The highest BCUT2D eigenvalue weighted by Gasteiger charge is 2.13. The second kappa shape index (κ2) is 11.7. The van der Waals surface area contributed by atoms with Crippen molar-refractivity contribution in [2.24, 2.45) is 10.7 Å². The average Bonchev–Trinajstić information content (AvgIpc) is 3.61. The molecule has 0 aliphatic heterocycles. The third-order valence-electron chi connectivity index (χ3n) is 7.03. The number of fused-ring (bicyclic) bond motifs is 2. The Labute approximate surface area is 254 Å². The SMILES string of the molecule is C=C(NC(C)C)c1ccc2nc(-c3ccc(Oc4ccc(-c5nc6ccc(C(N)=NC(C)C)cc6[nH]5)cc4)c(F)c3)[nH]c2c1. The van der Waals surface area contributed by atoms with Crippen LogP contribution in [-0.4, -0.2) is 37.9 Å². The summed E-state index contributed by atoms with van der Waals surface area (Å²) in [7, 11) is 0. The molecule has 0 aliphatic carbocycles. The van der Waals surface area contributed by atoms with Crippen LogP contribution in [0.5, 0.6) is 11.5 Å². The highest BCUT2D eigenvalue weighted by Crippen LogP contribution is 2.31. The molecular weight excluding hydrogens is 553 g/mol. The summed E-state index contributed by atoms with van der Waals surface area (Å²) in [6.45, 7) is 12.2. The average molecular weight is 588 g/mol. The number of nitrogens with two attached hydrogens (primary N) is 1. The van der Waals surface area contributed by atoms with Crippen LogP contribution in [0.3, 0.4) is 0 Å². The second-order valence-electron chi connectivity index (χ2n) is 11.3.